The maximum absolute atomic E-state index is 10.1. The molecule has 2 rings (SSSR count). The Hall–Kier alpha value is -0.580. The van der Waals surface area contributed by atoms with Crippen molar-refractivity contribution in [3.63, 3.8) is 0 Å². The topological polar surface area (TPSA) is 26.7 Å². The molecule has 1 aliphatic rings. The van der Waals surface area contributed by atoms with E-state index in [0.717, 1.165) is 16.6 Å². The zero-order valence-electron chi connectivity index (χ0n) is 12.6. The van der Waals surface area contributed by atoms with Gasteiger partial charge in [0.25, 0.3) is 0 Å². The predicted octanol–water partition coefficient (Wildman–Crippen LogP) is 3.63. The number of hydrogen-bond donors (Lipinski definition) is 1. The number of hydrogen-bond acceptors (Lipinski definition) is 3. The zero-order valence-corrected chi connectivity index (χ0v) is 14.2. The first-order valence-corrected chi connectivity index (χ1v) is 8.25. The summed E-state index contributed by atoms with van der Waals surface area (Å²) in [4.78, 5) is 4.92. The fourth-order valence-electron chi connectivity index (χ4n) is 3.04. The minimum atomic E-state index is 0.227. The maximum atomic E-state index is 10.1. The highest BCUT2D eigenvalue weighted by Crippen LogP contribution is 2.32. The highest BCUT2D eigenvalue weighted by Gasteiger charge is 2.26. The molecule has 1 aliphatic heterocycles. The van der Waals surface area contributed by atoms with Crippen molar-refractivity contribution in [2.75, 3.05) is 26.7 Å². The Balaban J connectivity index is 2.05. The summed E-state index contributed by atoms with van der Waals surface area (Å²) in [5, 5.41) is 10.1. The number of benzene rings is 1. The van der Waals surface area contributed by atoms with Gasteiger partial charge in [-0.3, -0.25) is 4.90 Å². The minimum absolute atomic E-state index is 0.227. The van der Waals surface area contributed by atoms with Crippen LogP contribution in [0.25, 0.3) is 0 Å². The van der Waals surface area contributed by atoms with Crippen molar-refractivity contribution in [1.82, 2.24) is 9.80 Å². The molecule has 0 bridgehead atoms. The van der Waals surface area contributed by atoms with Crippen molar-refractivity contribution < 1.29 is 5.11 Å². The summed E-state index contributed by atoms with van der Waals surface area (Å²) in [7, 11) is 2.18. The molecule has 1 heterocycles. The van der Waals surface area contributed by atoms with Gasteiger partial charge in [-0.15, -0.1) is 0 Å². The molecule has 20 heavy (non-hydrogen) atoms. The number of piperidine rings is 1. The van der Waals surface area contributed by atoms with Crippen LogP contribution < -0.4 is 0 Å². The third-order valence-corrected chi connectivity index (χ3v) is 5.12. The molecular formula is C16H25BrN2O. The smallest absolute Gasteiger partial charge is 0.120 e. The summed E-state index contributed by atoms with van der Waals surface area (Å²) >= 11 is 3.49. The molecule has 4 heteroatoms. The van der Waals surface area contributed by atoms with Gasteiger partial charge in [-0.1, -0.05) is 22.9 Å². The third kappa shape index (κ3) is 3.54. The summed E-state index contributed by atoms with van der Waals surface area (Å²) in [6.45, 7) is 7.92. The van der Waals surface area contributed by atoms with Crippen LogP contribution in [-0.2, 0) is 0 Å². The van der Waals surface area contributed by atoms with E-state index in [9.17, 15) is 5.11 Å². The average molecular weight is 341 g/mol. The van der Waals surface area contributed by atoms with E-state index < -0.39 is 0 Å². The number of phenols is 1. The Labute approximate surface area is 130 Å². The molecule has 1 atom stereocenters. The standard InChI is InChI=1S/C16H25BrN2O/c1-4-19-9-7-14(8-10-19)18(3)12(2)15-11-13(17)5-6-16(15)20/h5-6,11-12,14,20H,4,7-10H2,1-3H3. The van der Waals surface area contributed by atoms with Crippen LogP contribution in [-0.4, -0.2) is 47.6 Å². The lowest BCUT2D eigenvalue weighted by atomic mass is 9.99. The molecule has 0 saturated carbocycles. The van der Waals surface area contributed by atoms with E-state index in [-0.39, 0.29) is 6.04 Å². The van der Waals surface area contributed by atoms with Gasteiger partial charge in [0, 0.05) is 22.1 Å². The molecule has 1 saturated heterocycles. The Morgan fingerprint density at radius 3 is 2.65 bits per heavy atom. The summed E-state index contributed by atoms with van der Waals surface area (Å²) in [5.41, 5.74) is 1.000. The molecule has 1 unspecified atom stereocenters. The predicted molar refractivity (Wildman–Crippen MR) is 87.1 cm³/mol. The zero-order chi connectivity index (χ0) is 14.7. The number of likely N-dealkylation sites (tertiary alicyclic amines) is 1. The highest BCUT2D eigenvalue weighted by atomic mass is 79.9. The summed E-state index contributed by atoms with van der Waals surface area (Å²) in [5.74, 6) is 0.388. The normalized spacial score (nSPS) is 19.4. The van der Waals surface area contributed by atoms with Crippen LogP contribution in [0.15, 0.2) is 22.7 Å². The fourth-order valence-corrected chi connectivity index (χ4v) is 3.42. The van der Waals surface area contributed by atoms with Crippen LogP contribution in [0.5, 0.6) is 5.75 Å². The first-order valence-electron chi connectivity index (χ1n) is 7.45. The fraction of sp³-hybridized carbons (Fsp3) is 0.625. The maximum Gasteiger partial charge on any atom is 0.120 e. The molecule has 0 amide bonds. The number of aromatic hydroxyl groups is 1. The summed E-state index contributed by atoms with van der Waals surface area (Å²) in [6.07, 6.45) is 2.42. The quantitative estimate of drug-likeness (QED) is 0.906. The first-order chi connectivity index (χ1) is 9.52. The van der Waals surface area contributed by atoms with E-state index in [1.165, 1.54) is 25.9 Å². The third-order valence-electron chi connectivity index (χ3n) is 4.63. The van der Waals surface area contributed by atoms with Crippen LogP contribution in [0.3, 0.4) is 0 Å². The second-order valence-electron chi connectivity index (χ2n) is 5.71. The highest BCUT2D eigenvalue weighted by molar-refractivity contribution is 9.10. The van der Waals surface area contributed by atoms with Crippen molar-refractivity contribution >= 4 is 15.9 Å². The monoisotopic (exact) mass is 340 g/mol. The Morgan fingerprint density at radius 2 is 2.05 bits per heavy atom. The Morgan fingerprint density at radius 1 is 1.40 bits per heavy atom. The average Bonchev–Trinajstić information content (AvgIpc) is 2.48. The van der Waals surface area contributed by atoms with Gasteiger partial charge in [0.1, 0.15) is 5.75 Å². The van der Waals surface area contributed by atoms with Crippen molar-refractivity contribution in [2.45, 2.75) is 38.8 Å². The largest absolute Gasteiger partial charge is 0.508 e. The molecule has 3 nitrogen and oxygen atoms in total. The van der Waals surface area contributed by atoms with E-state index in [2.05, 4.69) is 46.6 Å². The molecule has 0 spiro atoms. The molecule has 1 fully saturated rings. The van der Waals surface area contributed by atoms with E-state index in [4.69, 9.17) is 0 Å². The van der Waals surface area contributed by atoms with E-state index in [0.29, 0.717) is 11.8 Å². The van der Waals surface area contributed by atoms with Crippen molar-refractivity contribution in [3.05, 3.63) is 28.2 Å². The second-order valence-corrected chi connectivity index (χ2v) is 6.63. The van der Waals surface area contributed by atoms with Gasteiger partial charge in [0.05, 0.1) is 0 Å². The molecule has 1 N–H and O–H groups in total. The molecular weight excluding hydrogens is 316 g/mol. The molecule has 0 radical (unpaired) electrons. The van der Waals surface area contributed by atoms with Gasteiger partial charge >= 0.3 is 0 Å². The minimum Gasteiger partial charge on any atom is -0.508 e. The van der Waals surface area contributed by atoms with E-state index >= 15 is 0 Å². The van der Waals surface area contributed by atoms with Crippen LogP contribution >= 0.6 is 15.9 Å². The van der Waals surface area contributed by atoms with Crippen molar-refractivity contribution in [2.24, 2.45) is 0 Å². The van der Waals surface area contributed by atoms with Crippen molar-refractivity contribution in [1.29, 1.82) is 0 Å². The Bertz CT molecular complexity index is 444. The van der Waals surface area contributed by atoms with Gasteiger partial charge in [-0.05, 0) is 64.6 Å². The first kappa shape index (κ1) is 15.8. The summed E-state index contributed by atoms with van der Waals surface area (Å²) in [6, 6.07) is 6.50. The lowest BCUT2D eigenvalue weighted by Crippen LogP contribution is -2.44. The van der Waals surface area contributed by atoms with Gasteiger partial charge in [0.15, 0.2) is 0 Å². The SMILES string of the molecule is CCN1CCC(N(C)C(C)c2cc(Br)ccc2O)CC1. The van der Waals surface area contributed by atoms with Gasteiger partial charge in [0.2, 0.25) is 0 Å². The van der Waals surface area contributed by atoms with Crippen LogP contribution in [0.4, 0.5) is 0 Å². The lowest BCUT2D eigenvalue weighted by molar-refractivity contribution is 0.103. The number of nitrogens with zero attached hydrogens (tertiary/aromatic N) is 2. The molecule has 1 aromatic rings. The number of rotatable bonds is 4. The number of halogens is 1. The van der Waals surface area contributed by atoms with Crippen LogP contribution in [0, 0.1) is 0 Å². The number of phenolic OH excluding ortho intramolecular Hbond substituents is 1. The molecule has 0 aromatic heterocycles. The van der Waals surface area contributed by atoms with Crippen LogP contribution in [0.1, 0.15) is 38.3 Å². The van der Waals surface area contributed by atoms with Gasteiger partial charge in [-0.2, -0.15) is 0 Å². The second kappa shape index (κ2) is 6.92. The molecule has 1 aromatic carbocycles. The molecule has 112 valence electrons. The van der Waals surface area contributed by atoms with E-state index in [1.807, 2.05) is 12.1 Å². The Kier molecular flexibility index (Phi) is 5.47. The molecule has 0 aliphatic carbocycles. The lowest BCUT2D eigenvalue weighted by Gasteiger charge is -2.39. The van der Waals surface area contributed by atoms with Crippen LogP contribution in [0.2, 0.25) is 0 Å². The van der Waals surface area contributed by atoms with Gasteiger partial charge in [-0.25, -0.2) is 0 Å². The van der Waals surface area contributed by atoms with Crippen molar-refractivity contribution in [3.8, 4) is 5.75 Å². The summed E-state index contributed by atoms with van der Waals surface area (Å²) < 4.78 is 1.02. The van der Waals surface area contributed by atoms with Gasteiger partial charge < -0.3 is 10.0 Å². The van der Waals surface area contributed by atoms with E-state index in [1.54, 1.807) is 6.07 Å².